The molecule has 0 aromatic heterocycles. The van der Waals surface area contributed by atoms with Gasteiger partial charge < -0.3 is 14.5 Å². The van der Waals surface area contributed by atoms with E-state index in [0.29, 0.717) is 0 Å². The molecule has 0 aliphatic heterocycles. The molecule has 0 N–H and O–H groups in total. The average Bonchev–Trinajstić information content (AvgIpc) is 2.64. The second kappa shape index (κ2) is 7.62. The van der Waals surface area contributed by atoms with Crippen molar-refractivity contribution in [1.29, 1.82) is 0 Å². The van der Waals surface area contributed by atoms with Crippen LogP contribution in [0.15, 0.2) is 77.3 Å². The molecule has 3 aromatic rings. The SMILES string of the molecule is COc1cccc(N(c2ccccc2)c2ccc(N(C)C)cc2Br)c1. The number of nitrogens with zero attached hydrogens (tertiary/aromatic N) is 2. The van der Waals surface area contributed by atoms with Gasteiger partial charge in [-0.3, -0.25) is 0 Å². The Kier molecular flexibility index (Phi) is 5.29. The maximum atomic E-state index is 5.41. The summed E-state index contributed by atoms with van der Waals surface area (Å²) in [5.74, 6) is 0.833. The third-order valence-electron chi connectivity index (χ3n) is 4.01. The molecule has 0 saturated carbocycles. The normalized spacial score (nSPS) is 10.4. The highest BCUT2D eigenvalue weighted by atomic mass is 79.9. The first-order chi connectivity index (χ1) is 12.1. The molecule has 0 unspecified atom stereocenters. The molecular formula is C21H21BrN2O. The van der Waals surface area contributed by atoms with Crippen LogP contribution in [0.4, 0.5) is 22.7 Å². The molecule has 128 valence electrons. The molecule has 0 fully saturated rings. The predicted octanol–water partition coefficient (Wildman–Crippen LogP) is 5.99. The standard InChI is InChI=1S/C21H21BrN2O/c1-23(2)17-12-13-21(20(22)15-17)24(16-8-5-4-6-9-16)18-10-7-11-19(14-18)25-3/h4-15H,1-3H3. The second-order valence-corrected chi connectivity index (χ2v) is 6.76. The van der Waals surface area contributed by atoms with Crippen LogP contribution in [-0.4, -0.2) is 21.2 Å². The van der Waals surface area contributed by atoms with Crippen molar-refractivity contribution in [2.45, 2.75) is 0 Å². The van der Waals surface area contributed by atoms with E-state index in [-0.39, 0.29) is 0 Å². The molecule has 0 radical (unpaired) electrons. The van der Waals surface area contributed by atoms with E-state index in [1.54, 1.807) is 7.11 Å². The number of hydrogen-bond donors (Lipinski definition) is 0. The highest BCUT2D eigenvalue weighted by molar-refractivity contribution is 9.10. The van der Waals surface area contributed by atoms with E-state index < -0.39 is 0 Å². The number of benzene rings is 3. The van der Waals surface area contributed by atoms with E-state index >= 15 is 0 Å². The largest absolute Gasteiger partial charge is 0.497 e. The lowest BCUT2D eigenvalue weighted by molar-refractivity contribution is 0.415. The van der Waals surface area contributed by atoms with Gasteiger partial charge in [0.2, 0.25) is 0 Å². The average molecular weight is 397 g/mol. The summed E-state index contributed by atoms with van der Waals surface area (Å²) in [6.07, 6.45) is 0. The van der Waals surface area contributed by atoms with Crippen LogP contribution in [0.2, 0.25) is 0 Å². The minimum atomic E-state index is 0.833. The number of rotatable bonds is 5. The third-order valence-corrected chi connectivity index (χ3v) is 4.65. The summed E-state index contributed by atoms with van der Waals surface area (Å²) in [7, 11) is 5.77. The molecule has 0 aliphatic carbocycles. The van der Waals surface area contributed by atoms with Crippen LogP contribution in [0.3, 0.4) is 0 Å². The minimum absolute atomic E-state index is 0.833. The van der Waals surface area contributed by atoms with Gasteiger partial charge in [0.1, 0.15) is 5.75 Å². The number of halogens is 1. The van der Waals surface area contributed by atoms with Crippen molar-refractivity contribution in [3.63, 3.8) is 0 Å². The summed E-state index contributed by atoms with van der Waals surface area (Å²) < 4.78 is 6.45. The smallest absolute Gasteiger partial charge is 0.120 e. The minimum Gasteiger partial charge on any atom is -0.497 e. The Hall–Kier alpha value is -2.46. The second-order valence-electron chi connectivity index (χ2n) is 5.90. The Morgan fingerprint density at radius 1 is 0.760 bits per heavy atom. The summed E-state index contributed by atoms with van der Waals surface area (Å²) in [4.78, 5) is 4.30. The molecule has 0 spiro atoms. The lowest BCUT2D eigenvalue weighted by atomic mass is 10.1. The van der Waals surface area contributed by atoms with Crippen molar-refractivity contribution in [2.24, 2.45) is 0 Å². The van der Waals surface area contributed by atoms with Crippen LogP contribution < -0.4 is 14.5 Å². The molecule has 25 heavy (non-hydrogen) atoms. The van der Waals surface area contributed by atoms with E-state index in [2.05, 4.69) is 62.1 Å². The van der Waals surface area contributed by atoms with Gasteiger partial charge in [-0.1, -0.05) is 24.3 Å². The third kappa shape index (κ3) is 3.80. The first kappa shape index (κ1) is 17.4. The molecule has 3 nitrogen and oxygen atoms in total. The fourth-order valence-electron chi connectivity index (χ4n) is 2.71. The summed E-state index contributed by atoms with van der Waals surface area (Å²) in [5, 5.41) is 0. The van der Waals surface area contributed by atoms with Gasteiger partial charge >= 0.3 is 0 Å². The molecule has 0 bridgehead atoms. The Bertz CT molecular complexity index is 850. The van der Waals surface area contributed by atoms with Crippen molar-refractivity contribution in [2.75, 3.05) is 31.0 Å². The van der Waals surface area contributed by atoms with Crippen LogP contribution >= 0.6 is 15.9 Å². The quantitative estimate of drug-likeness (QED) is 0.526. The molecule has 0 amide bonds. The molecule has 3 rings (SSSR count). The van der Waals surface area contributed by atoms with Crippen molar-refractivity contribution < 1.29 is 4.74 Å². The van der Waals surface area contributed by atoms with E-state index in [1.807, 2.05) is 50.5 Å². The first-order valence-electron chi connectivity index (χ1n) is 8.06. The van der Waals surface area contributed by atoms with Crippen molar-refractivity contribution >= 4 is 38.7 Å². The fourth-order valence-corrected chi connectivity index (χ4v) is 3.25. The van der Waals surface area contributed by atoms with Gasteiger partial charge in [0.15, 0.2) is 0 Å². The molecular weight excluding hydrogens is 376 g/mol. The van der Waals surface area contributed by atoms with E-state index in [4.69, 9.17) is 4.74 Å². The molecule has 3 aromatic carbocycles. The van der Waals surface area contributed by atoms with Gasteiger partial charge in [0.25, 0.3) is 0 Å². The van der Waals surface area contributed by atoms with Gasteiger partial charge in [0.05, 0.1) is 12.8 Å². The van der Waals surface area contributed by atoms with Crippen molar-refractivity contribution in [3.8, 4) is 5.75 Å². The maximum absolute atomic E-state index is 5.41. The predicted molar refractivity (Wildman–Crippen MR) is 110 cm³/mol. The fraction of sp³-hybridized carbons (Fsp3) is 0.143. The van der Waals surface area contributed by atoms with Crippen LogP contribution in [-0.2, 0) is 0 Å². The topological polar surface area (TPSA) is 15.7 Å². The number of methoxy groups -OCH3 is 1. The van der Waals surface area contributed by atoms with Crippen LogP contribution in [0.5, 0.6) is 5.75 Å². The zero-order chi connectivity index (χ0) is 17.8. The van der Waals surface area contributed by atoms with Gasteiger partial charge in [0, 0.05) is 41.7 Å². The summed E-state index contributed by atoms with van der Waals surface area (Å²) in [5.41, 5.74) is 4.36. The van der Waals surface area contributed by atoms with E-state index in [1.165, 1.54) is 0 Å². The maximum Gasteiger partial charge on any atom is 0.120 e. The summed E-state index contributed by atoms with van der Waals surface area (Å²) in [6, 6.07) is 24.8. The molecule has 0 atom stereocenters. The van der Waals surface area contributed by atoms with Gasteiger partial charge in [-0.2, -0.15) is 0 Å². The molecule has 0 saturated heterocycles. The van der Waals surface area contributed by atoms with E-state index in [9.17, 15) is 0 Å². The lowest BCUT2D eigenvalue weighted by Gasteiger charge is -2.27. The molecule has 4 heteroatoms. The number of anilines is 4. The Morgan fingerprint density at radius 2 is 1.48 bits per heavy atom. The number of ether oxygens (including phenoxy) is 1. The number of para-hydroxylation sites is 1. The van der Waals surface area contributed by atoms with Crippen LogP contribution in [0.1, 0.15) is 0 Å². The van der Waals surface area contributed by atoms with Crippen molar-refractivity contribution in [3.05, 3.63) is 77.3 Å². The lowest BCUT2D eigenvalue weighted by Crippen LogP contribution is -2.12. The van der Waals surface area contributed by atoms with Crippen molar-refractivity contribution in [1.82, 2.24) is 0 Å². The highest BCUT2D eigenvalue weighted by Gasteiger charge is 2.16. The Morgan fingerprint density at radius 3 is 2.12 bits per heavy atom. The summed E-state index contributed by atoms with van der Waals surface area (Å²) in [6.45, 7) is 0. The first-order valence-corrected chi connectivity index (χ1v) is 8.85. The molecule has 0 heterocycles. The number of hydrogen-bond acceptors (Lipinski definition) is 3. The monoisotopic (exact) mass is 396 g/mol. The zero-order valence-electron chi connectivity index (χ0n) is 14.6. The van der Waals surface area contributed by atoms with Gasteiger partial charge in [-0.25, -0.2) is 0 Å². The highest BCUT2D eigenvalue weighted by Crippen LogP contribution is 2.40. The van der Waals surface area contributed by atoms with E-state index in [0.717, 1.165) is 33.0 Å². The zero-order valence-corrected chi connectivity index (χ0v) is 16.2. The van der Waals surface area contributed by atoms with Crippen LogP contribution in [0.25, 0.3) is 0 Å². The van der Waals surface area contributed by atoms with Gasteiger partial charge in [-0.05, 0) is 58.4 Å². The summed E-state index contributed by atoms with van der Waals surface area (Å²) >= 11 is 3.75. The molecule has 0 aliphatic rings. The Balaban J connectivity index is 2.15. The Labute approximate surface area is 157 Å². The van der Waals surface area contributed by atoms with Gasteiger partial charge in [-0.15, -0.1) is 0 Å². The van der Waals surface area contributed by atoms with Crippen LogP contribution in [0, 0.1) is 0 Å².